The molecule has 128 valence electrons. The van der Waals surface area contributed by atoms with Crippen LogP contribution in [0.4, 0.5) is 13.2 Å². The molecule has 24 heavy (non-hydrogen) atoms. The molecule has 3 rings (SSSR count). The molecule has 2 amide bonds. The van der Waals surface area contributed by atoms with E-state index in [0.717, 1.165) is 0 Å². The van der Waals surface area contributed by atoms with Gasteiger partial charge in [-0.1, -0.05) is 17.2 Å². The molecule has 0 spiro atoms. The summed E-state index contributed by atoms with van der Waals surface area (Å²) in [5.41, 5.74) is 0.271. The maximum atomic E-state index is 12.6. The quantitative estimate of drug-likeness (QED) is 0.776. The molecule has 0 saturated heterocycles. The summed E-state index contributed by atoms with van der Waals surface area (Å²) >= 11 is 0. The van der Waals surface area contributed by atoms with E-state index in [9.17, 15) is 27.6 Å². The van der Waals surface area contributed by atoms with E-state index in [1.807, 2.05) is 0 Å². The Bertz CT molecular complexity index is 658. The third-order valence-electron chi connectivity index (χ3n) is 4.46. The Labute approximate surface area is 135 Å². The van der Waals surface area contributed by atoms with E-state index in [4.69, 9.17) is 4.84 Å². The van der Waals surface area contributed by atoms with Crippen LogP contribution >= 0.6 is 0 Å². The van der Waals surface area contributed by atoms with E-state index < -0.39 is 35.8 Å². The van der Waals surface area contributed by atoms with E-state index in [2.05, 4.69) is 0 Å². The second kappa shape index (κ2) is 5.92. The number of hydroxylamine groups is 2. The lowest BCUT2D eigenvalue weighted by molar-refractivity contribution is -0.191. The molecule has 1 fully saturated rings. The first-order chi connectivity index (χ1) is 11.3. The van der Waals surface area contributed by atoms with Crippen molar-refractivity contribution in [3.63, 3.8) is 0 Å². The Kier molecular flexibility index (Phi) is 4.06. The molecule has 0 unspecified atom stereocenters. The zero-order chi connectivity index (χ0) is 17.5. The number of hydrogen-bond donors (Lipinski definition) is 0. The molecule has 0 radical (unpaired) electrons. The van der Waals surface area contributed by atoms with Crippen LogP contribution in [0.2, 0.25) is 0 Å². The lowest BCUT2D eigenvalue weighted by Crippen LogP contribution is -2.37. The van der Waals surface area contributed by atoms with Gasteiger partial charge in [0.25, 0.3) is 11.8 Å². The number of alkyl halides is 3. The molecule has 1 heterocycles. The molecule has 1 aromatic carbocycles. The van der Waals surface area contributed by atoms with E-state index in [0.29, 0.717) is 5.06 Å². The molecule has 0 bridgehead atoms. The molecule has 0 N–H and O–H groups in total. The van der Waals surface area contributed by atoms with Crippen LogP contribution in [0.15, 0.2) is 24.3 Å². The highest BCUT2D eigenvalue weighted by Crippen LogP contribution is 2.40. The van der Waals surface area contributed by atoms with Crippen LogP contribution in [0.1, 0.15) is 46.4 Å². The summed E-state index contributed by atoms with van der Waals surface area (Å²) in [6, 6.07) is 6.04. The molecule has 1 aliphatic heterocycles. The minimum Gasteiger partial charge on any atom is -0.329 e. The summed E-state index contributed by atoms with van der Waals surface area (Å²) in [4.78, 5) is 41.2. The lowest BCUT2D eigenvalue weighted by Gasteiger charge is -2.29. The number of imide groups is 1. The first kappa shape index (κ1) is 16.5. The highest BCUT2D eigenvalue weighted by Gasteiger charge is 2.44. The van der Waals surface area contributed by atoms with Crippen molar-refractivity contribution in [2.24, 2.45) is 11.8 Å². The highest BCUT2D eigenvalue weighted by molar-refractivity contribution is 6.20. The van der Waals surface area contributed by atoms with Gasteiger partial charge in [0.15, 0.2) is 0 Å². The van der Waals surface area contributed by atoms with Gasteiger partial charge in [0, 0.05) is 0 Å². The summed E-state index contributed by atoms with van der Waals surface area (Å²) in [5, 5.41) is 0.392. The van der Waals surface area contributed by atoms with Crippen LogP contribution in [0, 0.1) is 11.8 Å². The Morgan fingerprint density at radius 1 is 1.00 bits per heavy atom. The van der Waals surface area contributed by atoms with Crippen molar-refractivity contribution in [3.8, 4) is 0 Å². The summed E-state index contributed by atoms with van der Waals surface area (Å²) < 4.78 is 37.9. The summed E-state index contributed by atoms with van der Waals surface area (Å²) in [6.07, 6.45) is -4.55. The number of carbonyl (C=O) groups is 3. The number of fused-ring (bicyclic) bond motifs is 1. The molecular formula is C16H14F3NO4. The van der Waals surface area contributed by atoms with Crippen molar-refractivity contribution in [3.05, 3.63) is 35.4 Å². The second-order valence-electron chi connectivity index (χ2n) is 5.95. The van der Waals surface area contributed by atoms with Gasteiger partial charge in [0.2, 0.25) is 0 Å². The fourth-order valence-corrected chi connectivity index (χ4v) is 3.07. The number of rotatable bonds is 2. The van der Waals surface area contributed by atoms with Gasteiger partial charge in [-0.15, -0.1) is 0 Å². The summed E-state index contributed by atoms with van der Waals surface area (Å²) in [7, 11) is 0. The van der Waals surface area contributed by atoms with E-state index in [-0.39, 0.29) is 36.8 Å². The number of amides is 2. The summed E-state index contributed by atoms with van der Waals surface area (Å²) in [6.45, 7) is 0. The number of nitrogens with zero attached hydrogens (tertiary/aromatic N) is 1. The highest BCUT2D eigenvalue weighted by atomic mass is 19.4. The predicted molar refractivity (Wildman–Crippen MR) is 74.5 cm³/mol. The van der Waals surface area contributed by atoms with Crippen molar-refractivity contribution >= 4 is 17.8 Å². The smallest absolute Gasteiger partial charge is 0.329 e. The lowest BCUT2D eigenvalue weighted by atomic mass is 9.82. The number of halogens is 3. The van der Waals surface area contributed by atoms with Crippen molar-refractivity contribution < 1.29 is 32.4 Å². The van der Waals surface area contributed by atoms with Gasteiger partial charge in [-0.25, -0.2) is 4.79 Å². The molecular weight excluding hydrogens is 327 g/mol. The van der Waals surface area contributed by atoms with E-state index >= 15 is 0 Å². The van der Waals surface area contributed by atoms with E-state index in [1.165, 1.54) is 12.1 Å². The van der Waals surface area contributed by atoms with Gasteiger partial charge >= 0.3 is 12.1 Å². The first-order valence-corrected chi connectivity index (χ1v) is 7.55. The van der Waals surface area contributed by atoms with Crippen molar-refractivity contribution in [1.82, 2.24) is 5.06 Å². The van der Waals surface area contributed by atoms with Crippen molar-refractivity contribution in [1.29, 1.82) is 0 Å². The molecule has 1 aromatic rings. The Morgan fingerprint density at radius 2 is 1.50 bits per heavy atom. The van der Waals surface area contributed by atoms with Crippen LogP contribution in [0.25, 0.3) is 0 Å². The molecule has 0 atom stereocenters. The van der Waals surface area contributed by atoms with Gasteiger partial charge < -0.3 is 4.84 Å². The van der Waals surface area contributed by atoms with Gasteiger partial charge in [-0.3, -0.25) is 9.59 Å². The maximum absolute atomic E-state index is 12.6. The standard InChI is InChI=1S/C16H14F3NO4/c17-16(18,19)10-7-5-9(6-8-10)15(23)24-20-13(21)11-3-1-2-4-12(11)14(20)22/h1-4,9-10H,5-8H2/t9-,10+. The minimum atomic E-state index is -4.27. The largest absolute Gasteiger partial charge is 0.391 e. The fourth-order valence-electron chi connectivity index (χ4n) is 3.07. The van der Waals surface area contributed by atoms with Gasteiger partial charge in [0.1, 0.15) is 0 Å². The van der Waals surface area contributed by atoms with Crippen LogP contribution in [0.3, 0.4) is 0 Å². The average Bonchev–Trinajstić information content (AvgIpc) is 2.79. The molecule has 1 aliphatic carbocycles. The SMILES string of the molecule is O=C1c2ccccc2C(=O)N1OC(=O)[C@H]1CC[C@@H](C(F)(F)F)CC1. The van der Waals surface area contributed by atoms with Crippen LogP contribution < -0.4 is 0 Å². The average molecular weight is 341 g/mol. The summed E-state index contributed by atoms with van der Waals surface area (Å²) in [5.74, 6) is -4.49. The molecule has 8 heteroatoms. The Hall–Kier alpha value is -2.38. The molecule has 0 aromatic heterocycles. The molecule has 5 nitrogen and oxygen atoms in total. The van der Waals surface area contributed by atoms with Crippen molar-refractivity contribution in [2.75, 3.05) is 0 Å². The zero-order valence-corrected chi connectivity index (χ0v) is 12.5. The van der Waals surface area contributed by atoms with Crippen LogP contribution in [0.5, 0.6) is 0 Å². The topological polar surface area (TPSA) is 63.7 Å². The third kappa shape index (κ3) is 2.88. The first-order valence-electron chi connectivity index (χ1n) is 7.55. The predicted octanol–water partition coefficient (Wildman–Crippen LogP) is 3.11. The van der Waals surface area contributed by atoms with E-state index in [1.54, 1.807) is 12.1 Å². The number of benzene rings is 1. The van der Waals surface area contributed by atoms with Gasteiger partial charge in [-0.05, 0) is 37.8 Å². The molecule has 1 saturated carbocycles. The Morgan fingerprint density at radius 3 is 1.96 bits per heavy atom. The Balaban J connectivity index is 1.63. The minimum absolute atomic E-state index is 0.0200. The van der Waals surface area contributed by atoms with Gasteiger partial charge in [-0.2, -0.15) is 13.2 Å². The number of hydrogen-bond acceptors (Lipinski definition) is 4. The van der Waals surface area contributed by atoms with Crippen molar-refractivity contribution in [2.45, 2.75) is 31.9 Å². The van der Waals surface area contributed by atoms with Crippen LogP contribution in [-0.4, -0.2) is 29.0 Å². The number of carbonyl (C=O) groups excluding carboxylic acids is 3. The third-order valence-corrected chi connectivity index (χ3v) is 4.46. The normalized spacial score (nSPS) is 24.0. The zero-order valence-electron chi connectivity index (χ0n) is 12.5. The maximum Gasteiger partial charge on any atom is 0.391 e. The monoisotopic (exact) mass is 341 g/mol. The molecule has 2 aliphatic rings. The fraction of sp³-hybridized carbons (Fsp3) is 0.438. The van der Waals surface area contributed by atoms with Crippen LogP contribution in [-0.2, 0) is 9.63 Å². The second-order valence-corrected chi connectivity index (χ2v) is 5.95. The van der Waals surface area contributed by atoms with Gasteiger partial charge in [0.05, 0.1) is 23.0 Å².